The van der Waals surface area contributed by atoms with Crippen LogP contribution in [0, 0.1) is 6.92 Å². The van der Waals surface area contributed by atoms with Gasteiger partial charge in [-0.1, -0.05) is 17.4 Å². The van der Waals surface area contributed by atoms with Crippen LogP contribution in [0.4, 0.5) is 5.13 Å². The average Bonchev–Trinajstić information content (AvgIpc) is 2.95. The largest absolute Gasteiger partial charge is 0.379 e. The zero-order valence-electron chi connectivity index (χ0n) is 10.6. The first kappa shape index (κ1) is 12.5. The Hall–Kier alpha value is -1.50. The summed E-state index contributed by atoms with van der Waals surface area (Å²) in [4.78, 5) is 16.5. The fourth-order valence-corrected chi connectivity index (χ4v) is 3.03. The van der Waals surface area contributed by atoms with Crippen LogP contribution in [0.25, 0.3) is 10.2 Å². The van der Waals surface area contributed by atoms with E-state index < -0.39 is 5.54 Å². The summed E-state index contributed by atoms with van der Waals surface area (Å²) in [5.41, 5.74) is 7.15. The Kier molecular flexibility index (Phi) is 3.00. The van der Waals surface area contributed by atoms with Crippen molar-refractivity contribution in [2.24, 2.45) is 5.73 Å². The highest BCUT2D eigenvalue weighted by Crippen LogP contribution is 2.27. The van der Waals surface area contributed by atoms with E-state index in [0.717, 1.165) is 10.2 Å². The van der Waals surface area contributed by atoms with Crippen LogP contribution in [0.5, 0.6) is 0 Å². The standard InChI is InChI=1S/C13H15N3O2S/c1-8-2-3-9-10(6-8)19-12(15-9)16-11(17)13(14)4-5-18-7-13/h2-3,6H,4-5,7,14H2,1H3,(H,15,16,17). The van der Waals surface area contributed by atoms with Crippen LogP contribution in [-0.4, -0.2) is 29.6 Å². The second kappa shape index (κ2) is 4.56. The SMILES string of the molecule is Cc1ccc2nc(NC(=O)C3(N)CCOC3)sc2c1. The number of aromatic nitrogens is 1. The average molecular weight is 277 g/mol. The molecule has 0 saturated carbocycles. The third kappa shape index (κ3) is 2.34. The van der Waals surface area contributed by atoms with Crippen molar-refractivity contribution in [3.05, 3.63) is 23.8 Å². The molecule has 5 nitrogen and oxygen atoms in total. The molecule has 1 amide bonds. The summed E-state index contributed by atoms with van der Waals surface area (Å²) in [6.45, 7) is 2.83. The molecular formula is C13H15N3O2S. The van der Waals surface area contributed by atoms with E-state index in [1.165, 1.54) is 16.9 Å². The molecule has 1 fully saturated rings. The number of aryl methyl sites for hydroxylation is 1. The predicted molar refractivity (Wildman–Crippen MR) is 75.3 cm³/mol. The van der Waals surface area contributed by atoms with Crippen molar-refractivity contribution in [2.75, 3.05) is 18.5 Å². The quantitative estimate of drug-likeness (QED) is 0.875. The van der Waals surface area contributed by atoms with Gasteiger partial charge in [0, 0.05) is 6.61 Å². The van der Waals surface area contributed by atoms with Crippen molar-refractivity contribution < 1.29 is 9.53 Å². The van der Waals surface area contributed by atoms with Crippen LogP contribution in [0.15, 0.2) is 18.2 Å². The Labute approximate surface area is 114 Å². The Morgan fingerprint density at radius 1 is 1.58 bits per heavy atom. The molecule has 19 heavy (non-hydrogen) atoms. The zero-order chi connectivity index (χ0) is 13.5. The van der Waals surface area contributed by atoms with Gasteiger partial charge in [0.15, 0.2) is 5.13 Å². The third-order valence-electron chi connectivity index (χ3n) is 3.27. The molecule has 1 aliphatic heterocycles. The number of nitrogens with one attached hydrogen (secondary N) is 1. The highest BCUT2D eigenvalue weighted by Gasteiger charge is 2.38. The van der Waals surface area contributed by atoms with Gasteiger partial charge in [-0.25, -0.2) is 4.98 Å². The van der Waals surface area contributed by atoms with Gasteiger partial charge in [0.2, 0.25) is 5.91 Å². The number of fused-ring (bicyclic) bond motifs is 1. The number of anilines is 1. The number of thiazole rings is 1. The first-order valence-electron chi connectivity index (χ1n) is 6.12. The normalized spacial score (nSPS) is 22.8. The van der Waals surface area contributed by atoms with E-state index in [1.807, 2.05) is 19.1 Å². The van der Waals surface area contributed by atoms with Crippen LogP contribution < -0.4 is 11.1 Å². The lowest BCUT2D eigenvalue weighted by Gasteiger charge is -2.19. The van der Waals surface area contributed by atoms with Gasteiger partial charge < -0.3 is 15.8 Å². The summed E-state index contributed by atoms with van der Waals surface area (Å²) >= 11 is 1.46. The lowest BCUT2D eigenvalue weighted by molar-refractivity contribution is -0.121. The predicted octanol–water partition coefficient (Wildman–Crippen LogP) is 1.66. The topological polar surface area (TPSA) is 77.2 Å². The number of nitrogens with zero attached hydrogens (tertiary/aromatic N) is 1. The number of amides is 1. The van der Waals surface area contributed by atoms with Crippen molar-refractivity contribution in [1.82, 2.24) is 4.98 Å². The summed E-state index contributed by atoms with van der Waals surface area (Å²) in [6.07, 6.45) is 0.544. The second-order valence-corrected chi connectivity index (χ2v) is 5.93. The minimum atomic E-state index is -0.923. The minimum absolute atomic E-state index is 0.222. The zero-order valence-corrected chi connectivity index (χ0v) is 11.4. The summed E-state index contributed by atoms with van der Waals surface area (Å²) < 4.78 is 6.25. The van der Waals surface area contributed by atoms with Gasteiger partial charge in [0.05, 0.1) is 16.8 Å². The highest BCUT2D eigenvalue weighted by atomic mass is 32.1. The van der Waals surface area contributed by atoms with Crippen LogP contribution in [0.3, 0.4) is 0 Å². The third-order valence-corrected chi connectivity index (χ3v) is 4.20. The number of hydrogen-bond donors (Lipinski definition) is 2. The fraction of sp³-hybridized carbons (Fsp3) is 0.385. The van der Waals surface area contributed by atoms with Gasteiger partial charge in [-0.3, -0.25) is 4.79 Å². The molecule has 1 unspecified atom stereocenters. The molecule has 1 aromatic carbocycles. The maximum absolute atomic E-state index is 12.1. The van der Waals surface area contributed by atoms with Crippen molar-refractivity contribution in [3.63, 3.8) is 0 Å². The molecule has 0 aliphatic carbocycles. The Balaban J connectivity index is 1.83. The lowest BCUT2D eigenvalue weighted by atomic mass is 10.00. The summed E-state index contributed by atoms with van der Waals surface area (Å²) in [5, 5.41) is 3.38. The van der Waals surface area contributed by atoms with Gasteiger partial charge >= 0.3 is 0 Å². The van der Waals surface area contributed by atoms with E-state index in [2.05, 4.69) is 16.4 Å². The number of carbonyl (C=O) groups is 1. The minimum Gasteiger partial charge on any atom is -0.379 e. The van der Waals surface area contributed by atoms with Crippen molar-refractivity contribution >= 4 is 32.6 Å². The Morgan fingerprint density at radius 3 is 3.16 bits per heavy atom. The summed E-state index contributed by atoms with van der Waals surface area (Å²) in [7, 11) is 0. The molecule has 6 heteroatoms. The Bertz CT molecular complexity index is 632. The second-order valence-electron chi connectivity index (χ2n) is 4.90. The molecule has 0 spiro atoms. The van der Waals surface area contributed by atoms with Gasteiger partial charge in [-0.05, 0) is 31.0 Å². The highest BCUT2D eigenvalue weighted by molar-refractivity contribution is 7.22. The van der Waals surface area contributed by atoms with E-state index in [9.17, 15) is 4.79 Å². The first-order valence-corrected chi connectivity index (χ1v) is 6.94. The number of benzene rings is 1. The van der Waals surface area contributed by atoms with Crippen LogP contribution in [-0.2, 0) is 9.53 Å². The molecule has 1 aliphatic rings. The molecule has 3 N–H and O–H groups in total. The van der Waals surface area contributed by atoms with Gasteiger partial charge in [0.1, 0.15) is 5.54 Å². The van der Waals surface area contributed by atoms with E-state index in [-0.39, 0.29) is 12.5 Å². The molecule has 1 aromatic heterocycles. The maximum Gasteiger partial charge on any atom is 0.248 e. The van der Waals surface area contributed by atoms with E-state index in [4.69, 9.17) is 10.5 Å². The number of rotatable bonds is 2. The molecule has 0 radical (unpaired) electrons. The number of nitrogens with two attached hydrogens (primary N) is 1. The Morgan fingerprint density at radius 2 is 2.42 bits per heavy atom. The molecule has 2 heterocycles. The van der Waals surface area contributed by atoms with E-state index in [0.29, 0.717) is 18.2 Å². The fourth-order valence-electron chi connectivity index (χ4n) is 2.07. The number of ether oxygens (including phenoxy) is 1. The molecule has 1 atom stereocenters. The molecule has 100 valence electrons. The van der Waals surface area contributed by atoms with Gasteiger partial charge in [-0.2, -0.15) is 0 Å². The summed E-state index contributed by atoms with van der Waals surface area (Å²) in [6, 6.07) is 6.01. The van der Waals surface area contributed by atoms with E-state index in [1.54, 1.807) is 0 Å². The van der Waals surface area contributed by atoms with E-state index >= 15 is 0 Å². The summed E-state index contributed by atoms with van der Waals surface area (Å²) in [5.74, 6) is -0.222. The molecular weight excluding hydrogens is 262 g/mol. The van der Waals surface area contributed by atoms with Crippen LogP contribution in [0.2, 0.25) is 0 Å². The molecule has 3 rings (SSSR count). The van der Waals surface area contributed by atoms with Gasteiger partial charge in [0.25, 0.3) is 0 Å². The number of carbonyl (C=O) groups excluding carboxylic acids is 1. The van der Waals surface area contributed by atoms with Crippen molar-refractivity contribution in [3.8, 4) is 0 Å². The molecule has 1 saturated heterocycles. The maximum atomic E-state index is 12.1. The molecule has 0 bridgehead atoms. The smallest absolute Gasteiger partial charge is 0.248 e. The lowest BCUT2D eigenvalue weighted by Crippen LogP contribution is -2.51. The first-order chi connectivity index (χ1) is 9.07. The van der Waals surface area contributed by atoms with Gasteiger partial charge in [-0.15, -0.1) is 0 Å². The van der Waals surface area contributed by atoms with Crippen molar-refractivity contribution in [2.45, 2.75) is 18.9 Å². The molecule has 2 aromatic rings. The van der Waals surface area contributed by atoms with Crippen LogP contribution in [0.1, 0.15) is 12.0 Å². The van der Waals surface area contributed by atoms with Crippen LogP contribution >= 0.6 is 11.3 Å². The monoisotopic (exact) mass is 277 g/mol. The van der Waals surface area contributed by atoms with Crippen molar-refractivity contribution in [1.29, 1.82) is 0 Å². The number of hydrogen-bond acceptors (Lipinski definition) is 5.